The molecule has 8 nitrogen and oxygen atoms in total. The second kappa shape index (κ2) is 6.77. The van der Waals surface area contributed by atoms with Gasteiger partial charge in [0.25, 0.3) is 0 Å². The van der Waals surface area contributed by atoms with Gasteiger partial charge in [-0.05, 0) is 6.07 Å². The molecule has 0 saturated heterocycles. The van der Waals surface area contributed by atoms with Crippen LogP contribution < -0.4 is 4.74 Å². The van der Waals surface area contributed by atoms with Crippen LogP contribution in [0.15, 0.2) is 24.8 Å². The predicted molar refractivity (Wildman–Crippen MR) is 100 cm³/mol. The number of nitrogens with zero attached hydrogens (tertiary/aromatic N) is 5. The summed E-state index contributed by atoms with van der Waals surface area (Å²) in [7, 11) is 1.57. The van der Waals surface area contributed by atoms with Gasteiger partial charge >= 0.3 is 6.01 Å². The van der Waals surface area contributed by atoms with Crippen LogP contribution in [-0.4, -0.2) is 48.7 Å². The minimum Gasteiger partial charge on any atom is -0.467 e. The van der Waals surface area contributed by atoms with E-state index in [-0.39, 0.29) is 11.5 Å². The highest BCUT2D eigenvalue weighted by atomic mass is 16.5. The van der Waals surface area contributed by atoms with Gasteiger partial charge in [0, 0.05) is 48.6 Å². The summed E-state index contributed by atoms with van der Waals surface area (Å²) >= 11 is 0. The topological polar surface area (TPSA) is 95.6 Å². The SMILES string of the molecule is COc1ncc(CN2CCc3[nH]cnc3[C@@H]2c2cc(C(C)(C)C)n[nH]2)cn1. The monoisotopic (exact) mass is 367 g/mol. The van der Waals surface area contributed by atoms with Crippen molar-refractivity contribution < 1.29 is 4.74 Å². The van der Waals surface area contributed by atoms with E-state index in [9.17, 15) is 0 Å². The molecule has 1 aliphatic heterocycles. The van der Waals surface area contributed by atoms with E-state index >= 15 is 0 Å². The van der Waals surface area contributed by atoms with Crippen molar-refractivity contribution in [1.82, 2.24) is 35.0 Å². The van der Waals surface area contributed by atoms with Gasteiger partial charge in [0.1, 0.15) is 0 Å². The number of ether oxygens (including phenoxy) is 1. The number of aromatic amines is 2. The quantitative estimate of drug-likeness (QED) is 0.735. The molecule has 8 heteroatoms. The summed E-state index contributed by atoms with van der Waals surface area (Å²) in [4.78, 5) is 18.7. The maximum atomic E-state index is 5.06. The van der Waals surface area contributed by atoms with E-state index < -0.39 is 0 Å². The average Bonchev–Trinajstić information content (AvgIpc) is 3.31. The lowest BCUT2D eigenvalue weighted by molar-refractivity contribution is 0.196. The minimum atomic E-state index is -0.00747. The number of fused-ring (bicyclic) bond motifs is 1. The molecule has 142 valence electrons. The number of imidazole rings is 1. The molecule has 0 aliphatic carbocycles. The third-order valence-corrected chi connectivity index (χ3v) is 4.94. The van der Waals surface area contributed by atoms with Crippen molar-refractivity contribution in [2.24, 2.45) is 0 Å². The zero-order valence-electron chi connectivity index (χ0n) is 16.2. The van der Waals surface area contributed by atoms with Gasteiger partial charge in [-0.1, -0.05) is 20.8 Å². The Kier molecular flexibility index (Phi) is 4.43. The van der Waals surface area contributed by atoms with E-state index in [1.54, 1.807) is 13.4 Å². The fraction of sp³-hybridized carbons (Fsp3) is 0.474. The summed E-state index contributed by atoms with van der Waals surface area (Å²) in [6.45, 7) is 8.14. The molecule has 1 aliphatic rings. The molecule has 4 rings (SSSR count). The molecule has 0 spiro atoms. The molecule has 27 heavy (non-hydrogen) atoms. The van der Waals surface area contributed by atoms with Crippen LogP contribution in [0.5, 0.6) is 6.01 Å². The maximum absolute atomic E-state index is 5.06. The number of hydrogen-bond donors (Lipinski definition) is 2. The Balaban J connectivity index is 1.66. The molecule has 1 atom stereocenters. The first-order chi connectivity index (χ1) is 13.0. The highest BCUT2D eigenvalue weighted by molar-refractivity contribution is 5.31. The Labute approximate surface area is 158 Å². The number of hydrogen-bond acceptors (Lipinski definition) is 6. The van der Waals surface area contributed by atoms with Crippen LogP contribution in [-0.2, 0) is 18.4 Å². The molecular weight excluding hydrogens is 342 g/mol. The van der Waals surface area contributed by atoms with Crippen LogP contribution in [0.1, 0.15) is 55.2 Å². The maximum Gasteiger partial charge on any atom is 0.316 e. The standard InChI is InChI=1S/C19H25N7O/c1-19(2,3)15-7-14(24-25-15)17-16-13(22-11-23-16)5-6-26(17)10-12-8-20-18(27-4)21-9-12/h7-9,11,17H,5-6,10H2,1-4H3,(H,22,23)(H,24,25)/t17-/m0/s1. The van der Waals surface area contributed by atoms with E-state index in [2.05, 4.69) is 61.9 Å². The number of rotatable bonds is 4. The van der Waals surface area contributed by atoms with E-state index in [0.717, 1.165) is 42.2 Å². The lowest BCUT2D eigenvalue weighted by Crippen LogP contribution is -2.36. The van der Waals surface area contributed by atoms with Crippen molar-refractivity contribution in [3.05, 3.63) is 53.1 Å². The van der Waals surface area contributed by atoms with Crippen LogP contribution in [0.3, 0.4) is 0 Å². The van der Waals surface area contributed by atoms with Crippen LogP contribution in [0.2, 0.25) is 0 Å². The fourth-order valence-electron chi connectivity index (χ4n) is 3.46. The van der Waals surface area contributed by atoms with Crippen LogP contribution in [0.4, 0.5) is 0 Å². The first-order valence-electron chi connectivity index (χ1n) is 9.12. The molecule has 0 amide bonds. The molecule has 3 aromatic heterocycles. The summed E-state index contributed by atoms with van der Waals surface area (Å²) in [6.07, 6.45) is 6.34. The Morgan fingerprint density at radius 3 is 2.67 bits per heavy atom. The largest absolute Gasteiger partial charge is 0.467 e. The number of H-pyrrole nitrogens is 2. The van der Waals surface area contributed by atoms with Gasteiger partial charge in [0.2, 0.25) is 0 Å². The van der Waals surface area contributed by atoms with E-state index in [0.29, 0.717) is 6.01 Å². The van der Waals surface area contributed by atoms with Gasteiger partial charge in [-0.2, -0.15) is 5.10 Å². The molecule has 3 aromatic rings. The van der Waals surface area contributed by atoms with Crippen LogP contribution in [0.25, 0.3) is 0 Å². The molecule has 0 fully saturated rings. The molecular formula is C19H25N7O. The average molecular weight is 367 g/mol. The minimum absolute atomic E-state index is 0.00747. The number of nitrogens with one attached hydrogen (secondary N) is 2. The van der Waals surface area contributed by atoms with Crippen molar-refractivity contribution in [3.8, 4) is 6.01 Å². The summed E-state index contributed by atoms with van der Waals surface area (Å²) in [5, 5.41) is 7.80. The second-order valence-corrected chi connectivity index (χ2v) is 7.93. The van der Waals surface area contributed by atoms with E-state index in [1.807, 2.05) is 12.4 Å². The van der Waals surface area contributed by atoms with Crippen LogP contribution >= 0.6 is 0 Å². The summed E-state index contributed by atoms with van der Waals surface area (Å²) in [5.41, 5.74) is 5.38. The molecule has 4 heterocycles. The summed E-state index contributed by atoms with van der Waals surface area (Å²) in [6, 6.07) is 2.56. The van der Waals surface area contributed by atoms with Crippen molar-refractivity contribution in [3.63, 3.8) is 0 Å². The zero-order chi connectivity index (χ0) is 19.0. The molecule has 0 radical (unpaired) electrons. The third kappa shape index (κ3) is 3.44. The zero-order valence-corrected chi connectivity index (χ0v) is 16.2. The summed E-state index contributed by atoms with van der Waals surface area (Å²) < 4.78 is 5.06. The molecule has 0 aromatic carbocycles. The molecule has 0 saturated carbocycles. The molecule has 0 unspecified atom stereocenters. The Hall–Kier alpha value is -2.74. The predicted octanol–water partition coefficient (Wildman–Crippen LogP) is 2.38. The van der Waals surface area contributed by atoms with Gasteiger partial charge < -0.3 is 9.72 Å². The van der Waals surface area contributed by atoms with E-state index in [4.69, 9.17) is 4.74 Å². The third-order valence-electron chi connectivity index (χ3n) is 4.94. The van der Waals surface area contributed by atoms with Gasteiger partial charge in [0.15, 0.2) is 0 Å². The first-order valence-corrected chi connectivity index (χ1v) is 9.12. The van der Waals surface area contributed by atoms with E-state index in [1.165, 1.54) is 5.69 Å². The first kappa shape index (κ1) is 17.7. The lowest BCUT2D eigenvalue weighted by atomic mass is 9.91. The normalized spacial score (nSPS) is 17.7. The Morgan fingerprint density at radius 2 is 2.00 bits per heavy atom. The second-order valence-electron chi connectivity index (χ2n) is 7.93. The van der Waals surface area contributed by atoms with Crippen molar-refractivity contribution in [1.29, 1.82) is 0 Å². The fourth-order valence-corrected chi connectivity index (χ4v) is 3.46. The number of methoxy groups -OCH3 is 1. The van der Waals surface area contributed by atoms with Crippen molar-refractivity contribution in [2.75, 3.05) is 13.7 Å². The Bertz CT molecular complexity index is 907. The van der Waals surface area contributed by atoms with Crippen molar-refractivity contribution >= 4 is 0 Å². The highest BCUT2D eigenvalue weighted by Crippen LogP contribution is 2.35. The lowest BCUT2D eigenvalue weighted by Gasteiger charge is -2.34. The highest BCUT2D eigenvalue weighted by Gasteiger charge is 2.33. The van der Waals surface area contributed by atoms with Gasteiger partial charge in [-0.25, -0.2) is 15.0 Å². The Morgan fingerprint density at radius 1 is 1.22 bits per heavy atom. The van der Waals surface area contributed by atoms with Gasteiger partial charge in [0.05, 0.1) is 36.6 Å². The smallest absolute Gasteiger partial charge is 0.316 e. The number of aromatic nitrogens is 6. The van der Waals surface area contributed by atoms with Crippen molar-refractivity contribution in [2.45, 2.75) is 45.2 Å². The summed E-state index contributed by atoms with van der Waals surface area (Å²) in [5.74, 6) is 0. The van der Waals surface area contributed by atoms with Gasteiger partial charge in [-0.3, -0.25) is 10.00 Å². The van der Waals surface area contributed by atoms with Gasteiger partial charge in [-0.15, -0.1) is 0 Å². The molecule has 0 bridgehead atoms. The molecule has 2 N–H and O–H groups in total. The van der Waals surface area contributed by atoms with Crippen LogP contribution in [0, 0.1) is 0 Å².